The van der Waals surface area contributed by atoms with Gasteiger partial charge < -0.3 is 15.0 Å². The fraction of sp³-hybridized carbons (Fsp3) is 0.923. The van der Waals surface area contributed by atoms with Crippen molar-refractivity contribution in [2.24, 2.45) is 0 Å². The van der Waals surface area contributed by atoms with E-state index in [0.717, 1.165) is 45.5 Å². The lowest BCUT2D eigenvalue weighted by Crippen LogP contribution is -2.47. The molecule has 0 aliphatic carbocycles. The lowest BCUT2D eigenvalue weighted by Gasteiger charge is -2.29. The van der Waals surface area contributed by atoms with Gasteiger partial charge in [-0.2, -0.15) is 0 Å². The number of amides is 1. The average Bonchev–Trinajstić information content (AvgIpc) is 2.38. The van der Waals surface area contributed by atoms with Gasteiger partial charge in [0.1, 0.15) is 0 Å². The number of nitrogens with one attached hydrogen (secondary N) is 1. The van der Waals surface area contributed by atoms with Crippen molar-refractivity contribution < 1.29 is 9.53 Å². The first-order valence-electron chi connectivity index (χ1n) is 6.85. The zero-order valence-corrected chi connectivity index (χ0v) is 11.2. The van der Waals surface area contributed by atoms with E-state index in [1.165, 1.54) is 6.42 Å². The molecule has 1 amide bonds. The fourth-order valence-corrected chi connectivity index (χ4v) is 2.07. The maximum absolute atomic E-state index is 12.0. The minimum atomic E-state index is -0.0849. The molecular formula is C13H26N2O2. The van der Waals surface area contributed by atoms with Gasteiger partial charge in [0.2, 0.25) is 5.91 Å². The van der Waals surface area contributed by atoms with Crippen molar-refractivity contribution >= 4 is 5.91 Å². The summed E-state index contributed by atoms with van der Waals surface area (Å²) in [5, 5.41) is 3.22. The monoisotopic (exact) mass is 242 g/mol. The summed E-state index contributed by atoms with van der Waals surface area (Å²) in [6.45, 7) is 8.13. The summed E-state index contributed by atoms with van der Waals surface area (Å²) in [6, 6.07) is -0.0849. The van der Waals surface area contributed by atoms with Gasteiger partial charge >= 0.3 is 0 Å². The molecule has 1 saturated heterocycles. The molecule has 100 valence electrons. The Bertz CT molecular complexity index is 215. The van der Waals surface area contributed by atoms with Crippen LogP contribution in [0, 0.1) is 0 Å². The number of hydrogen-bond donors (Lipinski definition) is 1. The third-order valence-electron chi connectivity index (χ3n) is 3.08. The van der Waals surface area contributed by atoms with E-state index in [4.69, 9.17) is 4.74 Å². The van der Waals surface area contributed by atoms with Crippen LogP contribution in [-0.4, -0.2) is 49.7 Å². The molecule has 1 fully saturated rings. The Morgan fingerprint density at radius 3 is 2.65 bits per heavy atom. The summed E-state index contributed by atoms with van der Waals surface area (Å²) in [5.41, 5.74) is 0. The first-order valence-corrected chi connectivity index (χ1v) is 6.85. The first-order chi connectivity index (χ1) is 8.25. The van der Waals surface area contributed by atoms with E-state index in [0.29, 0.717) is 6.61 Å². The van der Waals surface area contributed by atoms with Crippen LogP contribution >= 0.6 is 0 Å². The highest BCUT2D eigenvalue weighted by Crippen LogP contribution is 2.09. The topological polar surface area (TPSA) is 41.6 Å². The zero-order chi connectivity index (χ0) is 12.5. The van der Waals surface area contributed by atoms with Gasteiger partial charge in [0.05, 0.1) is 12.6 Å². The predicted molar refractivity (Wildman–Crippen MR) is 69.0 cm³/mol. The average molecular weight is 242 g/mol. The molecular weight excluding hydrogens is 216 g/mol. The molecule has 17 heavy (non-hydrogen) atoms. The molecule has 0 aromatic rings. The van der Waals surface area contributed by atoms with Gasteiger partial charge in [0, 0.05) is 26.2 Å². The minimum Gasteiger partial charge on any atom is -0.380 e. The number of hydrogen-bond acceptors (Lipinski definition) is 3. The lowest BCUT2D eigenvalue weighted by atomic mass is 10.1. The molecule has 0 aromatic heterocycles. The largest absolute Gasteiger partial charge is 0.380 e. The Labute approximate surface area is 105 Å². The molecule has 0 aromatic carbocycles. The van der Waals surface area contributed by atoms with Crippen LogP contribution in [0.2, 0.25) is 0 Å². The third kappa shape index (κ3) is 5.50. The Morgan fingerprint density at radius 2 is 2.00 bits per heavy atom. The second-order valence-electron chi connectivity index (χ2n) is 4.67. The molecule has 0 spiro atoms. The summed E-state index contributed by atoms with van der Waals surface area (Å²) < 4.78 is 5.37. The van der Waals surface area contributed by atoms with E-state index in [9.17, 15) is 4.79 Å². The van der Waals surface area contributed by atoms with Crippen LogP contribution in [0.5, 0.6) is 0 Å². The summed E-state index contributed by atoms with van der Waals surface area (Å²) in [6.07, 6.45) is 4.61. The number of carbonyl (C=O) groups is 1. The van der Waals surface area contributed by atoms with E-state index in [1.807, 2.05) is 11.8 Å². The Balaban J connectivity index is 2.12. The van der Waals surface area contributed by atoms with Gasteiger partial charge in [-0.25, -0.2) is 0 Å². The van der Waals surface area contributed by atoms with Gasteiger partial charge in [-0.1, -0.05) is 6.92 Å². The van der Waals surface area contributed by atoms with Crippen LogP contribution in [0.3, 0.4) is 0 Å². The van der Waals surface area contributed by atoms with Gasteiger partial charge in [-0.05, 0) is 32.6 Å². The predicted octanol–water partition coefficient (Wildman–Crippen LogP) is 1.40. The van der Waals surface area contributed by atoms with Crippen LogP contribution in [0.15, 0.2) is 0 Å². The zero-order valence-electron chi connectivity index (χ0n) is 11.2. The SMILES string of the molecule is CCCOCCNC(C)C(=O)N1CCCCC1. The van der Waals surface area contributed by atoms with Gasteiger partial charge in [0.25, 0.3) is 0 Å². The maximum Gasteiger partial charge on any atom is 0.239 e. The first kappa shape index (κ1) is 14.5. The highest BCUT2D eigenvalue weighted by Gasteiger charge is 2.21. The van der Waals surface area contributed by atoms with Crippen molar-refractivity contribution in [1.29, 1.82) is 0 Å². The van der Waals surface area contributed by atoms with Crippen LogP contribution in [-0.2, 0) is 9.53 Å². The quantitative estimate of drug-likeness (QED) is 0.686. The summed E-state index contributed by atoms with van der Waals surface area (Å²) in [4.78, 5) is 14.0. The molecule has 1 aliphatic heterocycles. The normalized spacial score (nSPS) is 18.1. The van der Waals surface area contributed by atoms with E-state index < -0.39 is 0 Å². The van der Waals surface area contributed by atoms with Gasteiger partial charge in [-0.3, -0.25) is 4.79 Å². The van der Waals surface area contributed by atoms with Gasteiger partial charge in [0.15, 0.2) is 0 Å². The fourth-order valence-electron chi connectivity index (χ4n) is 2.07. The van der Waals surface area contributed by atoms with Crippen LogP contribution in [0.1, 0.15) is 39.5 Å². The second-order valence-corrected chi connectivity index (χ2v) is 4.67. The molecule has 1 unspecified atom stereocenters. The number of piperidine rings is 1. The number of nitrogens with zero attached hydrogens (tertiary/aromatic N) is 1. The van der Waals surface area contributed by atoms with Crippen LogP contribution in [0.25, 0.3) is 0 Å². The van der Waals surface area contributed by atoms with Gasteiger partial charge in [-0.15, -0.1) is 0 Å². The molecule has 0 saturated carbocycles. The Morgan fingerprint density at radius 1 is 1.29 bits per heavy atom. The summed E-state index contributed by atoms with van der Waals surface area (Å²) >= 11 is 0. The summed E-state index contributed by atoms with van der Waals surface area (Å²) in [7, 11) is 0. The molecule has 1 atom stereocenters. The van der Waals surface area contributed by atoms with Crippen molar-refractivity contribution in [2.45, 2.75) is 45.6 Å². The molecule has 0 radical (unpaired) electrons. The molecule has 1 heterocycles. The van der Waals surface area contributed by atoms with E-state index in [2.05, 4.69) is 12.2 Å². The number of carbonyl (C=O) groups excluding carboxylic acids is 1. The lowest BCUT2D eigenvalue weighted by molar-refractivity contribution is -0.133. The number of ether oxygens (including phenoxy) is 1. The molecule has 1 rings (SSSR count). The molecule has 4 nitrogen and oxygen atoms in total. The van der Waals surface area contributed by atoms with E-state index >= 15 is 0 Å². The smallest absolute Gasteiger partial charge is 0.239 e. The van der Waals surface area contributed by atoms with Crippen LogP contribution < -0.4 is 5.32 Å². The van der Waals surface area contributed by atoms with Crippen molar-refractivity contribution in [3.63, 3.8) is 0 Å². The summed E-state index contributed by atoms with van der Waals surface area (Å²) in [5.74, 6) is 0.236. The number of likely N-dealkylation sites (tertiary alicyclic amines) is 1. The standard InChI is InChI=1S/C13H26N2O2/c1-3-10-17-11-7-14-12(2)13(16)15-8-5-4-6-9-15/h12,14H,3-11H2,1-2H3. The van der Waals surface area contributed by atoms with Crippen molar-refractivity contribution in [1.82, 2.24) is 10.2 Å². The maximum atomic E-state index is 12.0. The van der Waals surface area contributed by atoms with Crippen molar-refractivity contribution in [3.05, 3.63) is 0 Å². The van der Waals surface area contributed by atoms with Crippen LogP contribution in [0.4, 0.5) is 0 Å². The molecule has 1 N–H and O–H groups in total. The Kier molecular flexibility index (Phi) is 7.21. The number of rotatable bonds is 7. The van der Waals surface area contributed by atoms with Crippen molar-refractivity contribution in [2.75, 3.05) is 32.8 Å². The molecule has 1 aliphatic rings. The second kappa shape index (κ2) is 8.48. The minimum absolute atomic E-state index is 0.0849. The molecule has 0 bridgehead atoms. The van der Waals surface area contributed by atoms with E-state index in [-0.39, 0.29) is 11.9 Å². The Hall–Kier alpha value is -0.610. The highest BCUT2D eigenvalue weighted by atomic mass is 16.5. The highest BCUT2D eigenvalue weighted by molar-refractivity contribution is 5.81. The van der Waals surface area contributed by atoms with E-state index in [1.54, 1.807) is 0 Å². The van der Waals surface area contributed by atoms with Crippen molar-refractivity contribution in [3.8, 4) is 0 Å². The third-order valence-corrected chi connectivity index (χ3v) is 3.08. The molecule has 4 heteroatoms.